The van der Waals surface area contributed by atoms with Crippen molar-refractivity contribution in [2.75, 3.05) is 17.7 Å². The molecule has 3 aromatic carbocycles. The van der Waals surface area contributed by atoms with Crippen LogP contribution >= 0.6 is 0 Å². The minimum Gasteiger partial charge on any atom is -0.493 e. The van der Waals surface area contributed by atoms with Gasteiger partial charge in [0.2, 0.25) is 0 Å². The van der Waals surface area contributed by atoms with Crippen molar-refractivity contribution in [3.63, 3.8) is 0 Å². The molecule has 2 N–H and O–H groups in total. The minimum atomic E-state index is -4.43. The summed E-state index contributed by atoms with van der Waals surface area (Å²) >= 11 is 0. The van der Waals surface area contributed by atoms with E-state index in [-0.39, 0.29) is 24.2 Å². The summed E-state index contributed by atoms with van der Waals surface area (Å²) in [5.41, 5.74) is 3.70. The van der Waals surface area contributed by atoms with Crippen molar-refractivity contribution >= 4 is 17.2 Å². The normalized spacial score (nSPS) is 19.2. The first kappa shape index (κ1) is 25.7. The van der Waals surface area contributed by atoms with Gasteiger partial charge in [0.25, 0.3) is 0 Å². The van der Waals surface area contributed by atoms with Crippen LogP contribution in [0.3, 0.4) is 0 Å². The number of halogens is 3. The number of hydrogen-bond donors (Lipinski definition) is 2. The Kier molecular flexibility index (Phi) is 6.82. The molecule has 198 valence electrons. The Labute approximate surface area is 219 Å². The van der Waals surface area contributed by atoms with Crippen LogP contribution in [0.4, 0.5) is 24.5 Å². The van der Waals surface area contributed by atoms with Gasteiger partial charge in [-0.25, -0.2) is 0 Å². The summed E-state index contributed by atoms with van der Waals surface area (Å²) < 4.78 is 51.0. The number of allylic oxidation sites excluding steroid dienone is 1. The van der Waals surface area contributed by atoms with Crippen molar-refractivity contribution in [1.82, 2.24) is 0 Å². The molecule has 0 radical (unpaired) electrons. The highest BCUT2D eigenvalue weighted by molar-refractivity contribution is 6.01. The summed E-state index contributed by atoms with van der Waals surface area (Å²) in [6, 6.07) is 17.7. The van der Waals surface area contributed by atoms with Crippen LogP contribution < -0.4 is 20.1 Å². The summed E-state index contributed by atoms with van der Waals surface area (Å²) in [4.78, 5) is 13.7. The molecule has 0 fully saturated rings. The second-order valence-corrected chi connectivity index (χ2v) is 9.87. The summed E-state index contributed by atoms with van der Waals surface area (Å²) in [5, 5.41) is 6.86. The Morgan fingerprint density at radius 2 is 1.58 bits per heavy atom. The minimum absolute atomic E-state index is 0.0105. The fourth-order valence-corrected chi connectivity index (χ4v) is 5.13. The molecular weight excluding hydrogens is 493 g/mol. The number of hydrogen-bond acceptors (Lipinski definition) is 5. The van der Waals surface area contributed by atoms with Crippen molar-refractivity contribution in [2.24, 2.45) is 0 Å². The van der Waals surface area contributed by atoms with Crippen LogP contribution in [0.2, 0.25) is 0 Å². The summed E-state index contributed by atoms with van der Waals surface area (Å²) in [6.07, 6.45) is -3.62. The van der Waals surface area contributed by atoms with Crippen molar-refractivity contribution < 1.29 is 27.4 Å². The van der Waals surface area contributed by atoms with Crippen molar-refractivity contribution in [1.29, 1.82) is 0 Å². The van der Waals surface area contributed by atoms with Crippen LogP contribution in [0.25, 0.3) is 0 Å². The van der Waals surface area contributed by atoms with E-state index in [1.165, 1.54) is 12.1 Å². The molecule has 0 spiro atoms. The van der Waals surface area contributed by atoms with Crippen LogP contribution in [0.5, 0.6) is 11.5 Å². The van der Waals surface area contributed by atoms with Gasteiger partial charge in [0.1, 0.15) is 0 Å². The van der Waals surface area contributed by atoms with Gasteiger partial charge in [-0.05, 0) is 73.7 Å². The van der Waals surface area contributed by atoms with Crippen LogP contribution in [-0.2, 0) is 11.0 Å². The van der Waals surface area contributed by atoms with E-state index in [0.717, 1.165) is 34.8 Å². The fraction of sp³-hybridized carbons (Fsp3) is 0.300. The lowest BCUT2D eigenvalue weighted by molar-refractivity contribution is -0.137. The zero-order valence-electron chi connectivity index (χ0n) is 21.4. The van der Waals surface area contributed by atoms with Gasteiger partial charge in [-0.1, -0.05) is 30.3 Å². The van der Waals surface area contributed by atoms with E-state index in [4.69, 9.17) is 9.47 Å². The van der Waals surface area contributed by atoms with E-state index >= 15 is 0 Å². The highest BCUT2D eigenvalue weighted by Crippen LogP contribution is 2.45. The number of nitrogens with one attached hydrogen (secondary N) is 2. The quantitative estimate of drug-likeness (QED) is 0.364. The van der Waals surface area contributed by atoms with E-state index in [2.05, 4.69) is 10.6 Å². The first-order valence-electron chi connectivity index (χ1n) is 12.5. The molecule has 2 atom stereocenters. The SMILES string of the molecule is COc1cc(C2CC(=O)C3=C(C2)Nc2ccccc2NC3c2ccc(C(F)(F)F)cc2)ccc1OC(C)C. The molecule has 1 aliphatic heterocycles. The monoisotopic (exact) mass is 522 g/mol. The van der Waals surface area contributed by atoms with E-state index in [1.54, 1.807) is 7.11 Å². The maximum atomic E-state index is 13.7. The highest BCUT2D eigenvalue weighted by Gasteiger charge is 2.37. The number of rotatable bonds is 5. The third-order valence-corrected chi connectivity index (χ3v) is 6.90. The molecule has 0 saturated carbocycles. The van der Waals surface area contributed by atoms with Crippen molar-refractivity contribution in [3.8, 4) is 11.5 Å². The molecular formula is C30H29F3N2O3. The van der Waals surface area contributed by atoms with Gasteiger partial charge in [-0.3, -0.25) is 4.79 Å². The number of carbonyl (C=O) groups is 1. The highest BCUT2D eigenvalue weighted by atomic mass is 19.4. The smallest absolute Gasteiger partial charge is 0.416 e. The van der Waals surface area contributed by atoms with E-state index in [9.17, 15) is 18.0 Å². The molecule has 5 nitrogen and oxygen atoms in total. The van der Waals surface area contributed by atoms with Crippen LogP contribution in [0.1, 0.15) is 55.3 Å². The maximum Gasteiger partial charge on any atom is 0.416 e. The topological polar surface area (TPSA) is 59.6 Å². The van der Waals surface area contributed by atoms with Gasteiger partial charge >= 0.3 is 6.18 Å². The standard InChI is InChI=1S/C30H29F3N2O3/c1-17(2)38-26-13-10-19(16-27(26)37-3)20-14-24-28(25(36)15-20)29(35-23-7-5-4-6-22(23)34-24)18-8-11-21(12-9-18)30(31,32)33/h4-13,16-17,20,29,34-35H,14-15H2,1-3H3. The summed E-state index contributed by atoms with van der Waals surface area (Å²) in [5.74, 6) is 1.08. The van der Waals surface area contributed by atoms with Gasteiger partial charge in [-0.2, -0.15) is 13.2 Å². The second-order valence-electron chi connectivity index (χ2n) is 9.87. The lowest BCUT2D eigenvalue weighted by Crippen LogP contribution is -2.27. The molecule has 3 aromatic rings. The second kappa shape index (κ2) is 10.1. The lowest BCUT2D eigenvalue weighted by Gasteiger charge is -2.30. The van der Waals surface area contributed by atoms with Crippen molar-refractivity contribution in [2.45, 2.75) is 50.9 Å². The first-order chi connectivity index (χ1) is 18.1. The van der Waals surface area contributed by atoms with Crippen LogP contribution in [-0.4, -0.2) is 19.0 Å². The number of ether oxygens (including phenoxy) is 2. The van der Waals surface area contributed by atoms with Crippen LogP contribution in [0, 0.1) is 0 Å². The predicted molar refractivity (Wildman–Crippen MR) is 141 cm³/mol. The number of methoxy groups -OCH3 is 1. The number of alkyl halides is 3. The van der Waals surface area contributed by atoms with Gasteiger partial charge in [0, 0.05) is 17.7 Å². The Balaban J connectivity index is 1.53. The number of benzene rings is 3. The number of Topliss-reactive ketones (excluding diaryl/α,β-unsaturated/α-hetero) is 1. The van der Waals surface area contributed by atoms with Gasteiger partial charge in [-0.15, -0.1) is 0 Å². The molecule has 5 rings (SSSR count). The number of para-hydroxylation sites is 2. The molecule has 2 aliphatic rings. The molecule has 1 heterocycles. The lowest BCUT2D eigenvalue weighted by atomic mass is 9.78. The van der Waals surface area contributed by atoms with Crippen molar-refractivity contribution in [3.05, 3.63) is 94.7 Å². The zero-order valence-corrected chi connectivity index (χ0v) is 21.4. The third kappa shape index (κ3) is 5.08. The molecule has 0 bridgehead atoms. The number of anilines is 2. The Bertz CT molecular complexity index is 1380. The van der Waals surface area contributed by atoms with Gasteiger partial charge < -0.3 is 20.1 Å². The van der Waals surface area contributed by atoms with E-state index in [1.807, 2.05) is 56.3 Å². The maximum absolute atomic E-state index is 13.7. The van der Waals surface area contributed by atoms with E-state index < -0.39 is 17.8 Å². The molecule has 38 heavy (non-hydrogen) atoms. The van der Waals surface area contributed by atoms with Gasteiger partial charge in [0.15, 0.2) is 17.3 Å². The average Bonchev–Trinajstić information content (AvgIpc) is 3.05. The van der Waals surface area contributed by atoms with Gasteiger partial charge in [0.05, 0.1) is 36.2 Å². The molecule has 0 amide bonds. The molecule has 8 heteroatoms. The summed E-state index contributed by atoms with van der Waals surface area (Å²) in [7, 11) is 1.59. The summed E-state index contributed by atoms with van der Waals surface area (Å²) in [6.45, 7) is 3.88. The molecule has 2 unspecified atom stereocenters. The van der Waals surface area contributed by atoms with Crippen LogP contribution in [0.15, 0.2) is 78.0 Å². The Hall–Kier alpha value is -3.94. The largest absolute Gasteiger partial charge is 0.493 e. The van der Waals surface area contributed by atoms with E-state index in [0.29, 0.717) is 29.1 Å². The molecule has 0 saturated heterocycles. The molecule has 0 aromatic heterocycles. The number of ketones is 1. The Morgan fingerprint density at radius 1 is 0.895 bits per heavy atom. The fourth-order valence-electron chi connectivity index (χ4n) is 5.13. The molecule has 1 aliphatic carbocycles. The predicted octanol–water partition coefficient (Wildman–Crippen LogP) is 7.48. The average molecular weight is 523 g/mol. The third-order valence-electron chi connectivity index (χ3n) is 6.90. The zero-order chi connectivity index (χ0) is 27.0. The number of fused-ring (bicyclic) bond motifs is 1. The number of carbonyl (C=O) groups excluding carboxylic acids is 1. The first-order valence-corrected chi connectivity index (χ1v) is 12.5. The Morgan fingerprint density at radius 3 is 2.24 bits per heavy atom.